The number of nitrogens with zero attached hydrogens (tertiary/aromatic N) is 2. The van der Waals surface area contributed by atoms with Crippen molar-refractivity contribution in [2.24, 2.45) is 0 Å². The number of imidazole rings is 1. The number of hydrogen-bond acceptors (Lipinski definition) is 1. The van der Waals surface area contributed by atoms with Crippen LogP contribution in [-0.2, 0) is 6.54 Å². The molecule has 3 heteroatoms. The molecule has 19 heavy (non-hydrogen) atoms. The van der Waals surface area contributed by atoms with Gasteiger partial charge in [-0.2, -0.15) is 0 Å². The molecule has 0 saturated heterocycles. The van der Waals surface area contributed by atoms with Crippen LogP contribution in [0.4, 0.5) is 0 Å². The predicted molar refractivity (Wildman–Crippen MR) is 82.7 cm³/mol. The molecule has 0 saturated carbocycles. The topological polar surface area (TPSA) is 17.8 Å². The van der Waals surface area contributed by atoms with Crippen LogP contribution in [0.25, 0.3) is 11.0 Å². The Morgan fingerprint density at radius 2 is 1.74 bits per heavy atom. The van der Waals surface area contributed by atoms with E-state index in [-0.39, 0.29) is 0 Å². The first-order valence-electron chi connectivity index (χ1n) is 6.39. The lowest BCUT2D eigenvalue weighted by Gasteiger charge is -2.15. The van der Waals surface area contributed by atoms with Gasteiger partial charge >= 0.3 is 0 Å². The molecule has 0 fully saturated rings. The number of benzene rings is 2. The Hall–Kier alpha value is -1.61. The average Bonchev–Trinajstić information content (AvgIpc) is 2.89. The Labute approximate surface area is 121 Å². The maximum atomic E-state index is 4.45. The summed E-state index contributed by atoms with van der Waals surface area (Å²) in [6, 6.07) is 18.9. The van der Waals surface area contributed by atoms with Gasteiger partial charge in [0.1, 0.15) is 0 Å². The molecular weight excluding hydrogens is 300 g/mol. The fourth-order valence-corrected chi connectivity index (χ4v) is 2.94. The zero-order chi connectivity index (χ0) is 13.1. The third kappa shape index (κ3) is 2.56. The van der Waals surface area contributed by atoms with Crippen molar-refractivity contribution >= 4 is 27.0 Å². The Morgan fingerprint density at radius 1 is 1.00 bits per heavy atom. The molecule has 0 N–H and O–H groups in total. The second-order valence-corrected chi connectivity index (χ2v) is 5.30. The Kier molecular flexibility index (Phi) is 3.65. The minimum Gasteiger partial charge on any atom is -0.330 e. The second kappa shape index (κ2) is 5.57. The zero-order valence-corrected chi connectivity index (χ0v) is 12.1. The largest absolute Gasteiger partial charge is 0.330 e. The zero-order valence-electron chi connectivity index (χ0n) is 10.5. The predicted octanol–water partition coefficient (Wildman–Crippen LogP) is 4.22. The van der Waals surface area contributed by atoms with Gasteiger partial charge in [-0.3, -0.25) is 0 Å². The van der Waals surface area contributed by atoms with Gasteiger partial charge in [-0.1, -0.05) is 58.4 Å². The number of alkyl halides is 1. The Bertz CT molecular complexity index is 661. The molecule has 0 radical (unpaired) electrons. The highest BCUT2D eigenvalue weighted by Crippen LogP contribution is 2.22. The van der Waals surface area contributed by atoms with Gasteiger partial charge in [0.05, 0.1) is 17.4 Å². The van der Waals surface area contributed by atoms with Gasteiger partial charge in [-0.25, -0.2) is 4.98 Å². The molecule has 0 spiro atoms. The van der Waals surface area contributed by atoms with Crippen LogP contribution < -0.4 is 0 Å². The number of rotatable bonds is 4. The maximum absolute atomic E-state index is 4.45. The molecule has 1 unspecified atom stereocenters. The van der Waals surface area contributed by atoms with Crippen LogP contribution in [0.1, 0.15) is 11.5 Å². The van der Waals surface area contributed by atoms with Crippen molar-refractivity contribution in [3.05, 3.63) is 66.5 Å². The summed E-state index contributed by atoms with van der Waals surface area (Å²) < 4.78 is 2.23. The van der Waals surface area contributed by atoms with Gasteiger partial charge in [-0.05, 0) is 17.7 Å². The molecule has 3 rings (SSSR count). The van der Waals surface area contributed by atoms with E-state index >= 15 is 0 Å². The average molecular weight is 315 g/mol. The molecule has 0 bridgehead atoms. The van der Waals surface area contributed by atoms with Gasteiger partial charge < -0.3 is 4.57 Å². The van der Waals surface area contributed by atoms with Crippen LogP contribution >= 0.6 is 15.9 Å². The van der Waals surface area contributed by atoms with E-state index in [2.05, 4.69) is 74.0 Å². The van der Waals surface area contributed by atoms with Crippen molar-refractivity contribution in [3.8, 4) is 0 Å². The minimum atomic E-state index is 0.457. The summed E-state index contributed by atoms with van der Waals surface area (Å²) >= 11 is 3.63. The molecule has 0 aliphatic heterocycles. The van der Waals surface area contributed by atoms with Crippen LogP contribution in [0, 0.1) is 0 Å². The summed E-state index contributed by atoms with van der Waals surface area (Å²) in [4.78, 5) is 4.45. The first kappa shape index (κ1) is 12.4. The minimum absolute atomic E-state index is 0.457. The van der Waals surface area contributed by atoms with Crippen molar-refractivity contribution in [3.63, 3.8) is 0 Å². The first-order chi connectivity index (χ1) is 9.38. The molecule has 0 aliphatic rings. The molecule has 1 aromatic heterocycles. The standard InChI is InChI=1S/C16H15BrN2/c17-10-14(13-6-2-1-3-7-13)11-19-12-18-15-8-4-5-9-16(15)19/h1-9,12,14H,10-11H2. The smallest absolute Gasteiger partial charge is 0.0958 e. The molecule has 3 aromatic rings. The summed E-state index contributed by atoms with van der Waals surface area (Å²) in [5.41, 5.74) is 3.62. The SMILES string of the molecule is BrCC(Cn1cnc2ccccc21)c1ccccc1. The lowest BCUT2D eigenvalue weighted by atomic mass is 10.0. The number of aromatic nitrogens is 2. The van der Waals surface area contributed by atoms with Gasteiger partial charge in [0.15, 0.2) is 0 Å². The normalized spacial score (nSPS) is 12.7. The van der Waals surface area contributed by atoms with Crippen molar-refractivity contribution in [1.82, 2.24) is 9.55 Å². The van der Waals surface area contributed by atoms with Crippen LogP contribution in [0.15, 0.2) is 60.9 Å². The number of fused-ring (bicyclic) bond motifs is 1. The van der Waals surface area contributed by atoms with Gasteiger partial charge in [-0.15, -0.1) is 0 Å². The molecule has 1 atom stereocenters. The molecule has 0 amide bonds. The van der Waals surface area contributed by atoms with Gasteiger partial charge in [0, 0.05) is 17.8 Å². The highest BCUT2D eigenvalue weighted by Gasteiger charge is 2.12. The Morgan fingerprint density at radius 3 is 2.53 bits per heavy atom. The molecule has 96 valence electrons. The van der Waals surface area contributed by atoms with E-state index < -0.39 is 0 Å². The van der Waals surface area contributed by atoms with Crippen molar-refractivity contribution < 1.29 is 0 Å². The first-order valence-corrected chi connectivity index (χ1v) is 7.51. The third-order valence-corrected chi connectivity index (χ3v) is 4.18. The fraction of sp³-hybridized carbons (Fsp3) is 0.188. The van der Waals surface area contributed by atoms with Crippen molar-refractivity contribution in [1.29, 1.82) is 0 Å². The van der Waals surface area contributed by atoms with E-state index in [1.165, 1.54) is 11.1 Å². The summed E-state index contributed by atoms with van der Waals surface area (Å²) in [5, 5.41) is 0.948. The molecule has 1 heterocycles. The van der Waals surface area contributed by atoms with E-state index in [1.54, 1.807) is 0 Å². The van der Waals surface area contributed by atoms with E-state index in [1.807, 2.05) is 12.4 Å². The Balaban J connectivity index is 1.91. The molecule has 2 aromatic carbocycles. The van der Waals surface area contributed by atoms with E-state index in [0.29, 0.717) is 5.92 Å². The number of halogens is 1. The number of para-hydroxylation sites is 2. The van der Waals surface area contributed by atoms with Crippen LogP contribution in [0.2, 0.25) is 0 Å². The maximum Gasteiger partial charge on any atom is 0.0958 e. The molecular formula is C16H15BrN2. The van der Waals surface area contributed by atoms with E-state index in [0.717, 1.165) is 17.4 Å². The molecule has 0 aliphatic carbocycles. The van der Waals surface area contributed by atoms with Crippen molar-refractivity contribution in [2.45, 2.75) is 12.5 Å². The lowest BCUT2D eigenvalue weighted by Crippen LogP contribution is -2.09. The number of hydrogen-bond donors (Lipinski definition) is 0. The van der Waals surface area contributed by atoms with Gasteiger partial charge in [0.25, 0.3) is 0 Å². The highest BCUT2D eigenvalue weighted by atomic mass is 79.9. The quantitative estimate of drug-likeness (QED) is 0.659. The summed E-state index contributed by atoms with van der Waals surface area (Å²) in [6.45, 7) is 0.940. The van der Waals surface area contributed by atoms with Crippen LogP contribution in [0.5, 0.6) is 0 Å². The lowest BCUT2D eigenvalue weighted by molar-refractivity contribution is 0.620. The second-order valence-electron chi connectivity index (χ2n) is 4.65. The van der Waals surface area contributed by atoms with Crippen LogP contribution in [0.3, 0.4) is 0 Å². The van der Waals surface area contributed by atoms with E-state index in [4.69, 9.17) is 0 Å². The summed E-state index contributed by atoms with van der Waals surface area (Å²) in [6.07, 6.45) is 1.93. The fourth-order valence-electron chi connectivity index (χ4n) is 2.36. The summed E-state index contributed by atoms with van der Waals surface area (Å²) in [7, 11) is 0. The van der Waals surface area contributed by atoms with Gasteiger partial charge in [0.2, 0.25) is 0 Å². The van der Waals surface area contributed by atoms with E-state index in [9.17, 15) is 0 Å². The van der Waals surface area contributed by atoms with Crippen molar-refractivity contribution in [2.75, 3.05) is 5.33 Å². The summed E-state index contributed by atoms with van der Waals surface area (Å²) in [5.74, 6) is 0.457. The van der Waals surface area contributed by atoms with Crippen LogP contribution in [-0.4, -0.2) is 14.9 Å². The highest BCUT2D eigenvalue weighted by molar-refractivity contribution is 9.09. The molecule has 2 nitrogen and oxygen atoms in total. The third-order valence-electron chi connectivity index (χ3n) is 3.40. The monoisotopic (exact) mass is 314 g/mol.